The van der Waals surface area contributed by atoms with E-state index in [1.165, 1.54) is 22.2 Å². The molecule has 1 atom stereocenters. The fourth-order valence-corrected chi connectivity index (χ4v) is 5.80. The van der Waals surface area contributed by atoms with E-state index in [0.29, 0.717) is 44.1 Å². The number of fused-ring (bicyclic) bond motifs is 1. The van der Waals surface area contributed by atoms with E-state index in [1.54, 1.807) is 12.1 Å². The largest absolute Gasteiger partial charge is 0.379 e. The van der Waals surface area contributed by atoms with Crippen molar-refractivity contribution in [1.82, 2.24) is 9.62 Å². The molecule has 0 unspecified atom stereocenters. The van der Waals surface area contributed by atoms with Crippen LogP contribution in [0.5, 0.6) is 0 Å². The zero-order valence-electron chi connectivity index (χ0n) is 19.7. The number of ether oxygens (including phenoxy) is 1. The third-order valence-electron chi connectivity index (χ3n) is 6.20. The monoisotopic (exact) mass is 486 g/mol. The van der Waals surface area contributed by atoms with E-state index in [2.05, 4.69) is 5.32 Å². The van der Waals surface area contributed by atoms with Gasteiger partial charge in [0.05, 0.1) is 18.1 Å². The molecule has 0 radical (unpaired) electrons. The quantitative estimate of drug-likeness (QED) is 0.662. The molecule has 0 spiro atoms. The van der Waals surface area contributed by atoms with Crippen LogP contribution in [-0.2, 0) is 37.3 Å². The fraction of sp³-hybridized carbons (Fsp3) is 0.417. The predicted octanol–water partition coefficient (Wildman–Crippen LogP) is 1.37. The highest BCUT2D eigenvalue weighted by atomic mass is 32.2. The Labute approximate surface area is 200 Å². The van der Waals surface area contributed by atoms with Gasteiger partial charge in [0.25, 0.3) is 0 Å². The maximum absolute atomic E-state index is 13.1. The van der Waals surface area contributed by atoms with Gasteiger partial charge in [0.2, 0.25) is 21.8 Å². The van der Waals surface area contributed by atoms with Gasteiger partial charge < -0.3 is 15.0 Å². The normalized spacial score (nSPS) is 18.4. The summed E-state index contributed by atoms with van der Waals surface area (Å²) in [5, 5.41) is 2.92. The number of carbonyl (C=O) groups excluding carboxylic acids is 2. The average Bonchev–Trinajstić information content (AvgIpc) is 3.22. The maximum atomic E-state index is 13.1. The van der Waals surface area contributed by atoms with Crippen LogP contribution in [0, 0.1) is 0 Å². The van der Waals surface area contributed by atoms with E-state index in [0.717, 1.165) is 11.3 Å². The topological polar surface area (TPSA) is 99.3 Å². The van der Waals surface area contributed by atoms with Crippen molar-refractivity contribution in [2.24, 2.45) is 0 Å². The molecule has 1 N–H and O–H groups in total. The van der Waals surface area contributed by atoms with Gasteiger partial charge in [0, 0.05) is 58.4 Å². The van der Waals surface area contributed by atoms with Gasteiger partial charge in [-0.1, -0.05) is 12.1 Å². The molecule has 2 aliphatic rings. The summed E-state index contributed by atoms with van der Waals surface area (Å²) in [6.45, 7) is 3.08. The number of rotatable bonds is 6. The van der Waals surface area contributed by atoms with Crippen LogP contribution in [0.3, 0.4) is 0 Å². The van der Waals surface area contributed by atoms with Gasteiger partial charge in [-0.2, -0.15) is 4.31 Å². The molecule has 1 saturated heterocycles. The lowest BCUT2D eigenvalue weighted by molar-refractivity contribution is -0.125. The van der Waals surface area contributed by atoms with E-state index >= 15 is 0 Å². The van der Waals surface area contributed by atoms with Gasteiger partial charge in [-0.3, -0.25) is 14.5 Å². The van der Waals surface area contributed by atoms with E-state index in [1.807, 2.05) is 43.3 Å². The third-order valence-corrected chi connectivity index (χ3v) is 8.10. The van der Waals surface area contributed by atoms with E-state index < -0.39 is 16.1 Å². The second-order valence-corrected chi connectivity index (χ2v) is 10.6. The molecular formula is C24H30N4O5S. The molecule has 10 heteroatoms. The average molecular weight is 487 g/mol. The smallest absolute Gasteiger partial charge is 0.243 e. The van der Waals surface area contributed by atoms with Crippen molar-refractivity contribution in [3.05, 3.63) is 53.6 Å². The van der Waals surface area contributed by atoms with Crippen molar-refractivity contribution in [1.29, 1.82) is 0 Å². The number of sulfonamides is 1. The number of anilines is 2. The minimum Gasteiger partial charge on any atom is -0.379 e. The minimum atomic E-state index is -3.67. The molecule has 0 aromatic heterocycles. The number of carbonyl (C=O) groups is 2. The van der Waals surface area contributed by atoms with Crippen molar-refractivity contribution in [2.75, 3.05) is 50.2 Å². The predicted molar refractivity (Wildman–Crippen MR) is 129 cm³/mol. The lowest BCUT2D eigenvalue weighted by Crippen LogP contribution is -2.47. The Bertz CT molecular complexity index is 1170. The summed E-state index contributed by atoms with van der Waals surface area (Å²) >= 11 is 0. The highest BCUT2D eigenvalue weighted by Gasteiger charge is 2.38. The molecule has 1 fully saturated rings. The van der Waals surface area contributed by atoms with Crippen LogP contribution in [0.25, 0.3) is 0 Å². The summed E-state index contributed by atoms with van der Waals surface area (Å²) in [6.07, 6.45) is 0.257. The molecule has 9 nitrogen and oxygen atoms in total. The van der Waals surface area contributed by atoms with Crippen molar-refractivity contribution in [2.45, 2.75) is 30.8 Å². The molecule has 2 aliphatic heterocycles. The lowest BCUT2D eigenvalue weighted by atomic mass is 10.1. The SMILES string of the molecule is CC(=O)N1c2ccc(S(=O)(=O)N3CCOCC3)cc2C[C@H]1C(=O)NCc1ccc(N(C)C)cc1. The van der Waals surface area contributed by atoms with Crippen LogP contribution in [0.2, 0.25) is 0 Å². The summed E-state index contributed by atoms with van der Waals surface area (Å²) in [6, 6.07) is 11.8. The molecule has 2 aromatic rings. The first-order valence-corrected chi connectivity index (χ1v) is 12.7. The molecule has 0 aliphatic carbocycles. The summed E-state index contributed by atoms with van der Waals surface area (Å²) < 4.78 is 32.8. The Balaban J connectivity index is 1.50. The summed E-state index contributed by atoms with van der Waals surface area (Å²) in [4.78, 5) is 29.1. The van der Waals surface area contributed by atoms with Gasteiger partial charge >= 0.3 is 0 Å². The second-order valence-electron chi connectivity index (χ2n) is 8.69. The standard InChI is InChI=1S/C24H30N4O5S/c1-17(29)28-22-9-8-21(34(31,32)27-10-12-33-13-11-27)14-19(22)15-23(28)24(30)25-16-18-4-6-20(7-5-18)26(2)3/h4-9,14,23H,10-13,15-16H2,1-3H3,(H,25,30)/t23-/m0/s1. The van der Waals surface area contributed by atoms with Crippen LogP contribution in [-0.4, -0.2) is 71.0 Å². The van der Waals surface area contributed by atoms with Crippen molar-refractivity contribution >= 4 is 33.2 Å². The number of morpholine rings is 1. The summed E-state index contributed by atoms with van der Waals surface area (Å²) in [7, 11) is 0.252. The molecule has 34 heavy (non-hydrogen) atoms. The molecule has 0 bridgehead atoms. The zero-order chi connectivity index (χ0) is 24.5. The van der Waals surface area contributed by atoms with Gasteiger partial charge in [0.1, 0.15) is 6.04 Å². The third kappa shape index (κ3) is 4.79. The molecule has 2 amide bonds. The van der Waals surface area contributed by atoms with Crippen molar-refractivity contribution in [3.8, 4) is 0 Å². The van der Waals surface area contributed by atoms with Crippen molar-refractivity contribution < 1.29 is 22.7 Å². The van der Waals surface area contributed by atoms with Gasteiger partial charge in [-0.25, -0.2) is 8.42 Å². The van der Waals surface area contributed by atoms with Crippen LogP contribution in [0.15, 0.2) is 47.4 Å². The Morgan fingerprint density at radius 1 is 1.09 bits per heavy atom. The van der Waals surface area contributed by atoms with Crippen molar-refractivity contribution in [3.63, 3.8) is 0 Å². The van der Waals surface area contributed by atoms with Gasteiger partial charge in [-0.15, -0.1) is 0 Å². The Kier molecular flexibility index (Phi) is 6.92. The van der Waals surface area contributed by atoms with E-state index in [4.69, 9.17) is 4.74 Å². The first-order chi connectivity index (χ1) is 16.2. The van der Waals surface area contributed by atoms with Crippen LogP contribution in [0.4, 0.5) is 11.4 Å². The molecule has 182 valence electrons. The summed E-state index contributed by atoms with van der Waals surface area (Å²) in [5.74, 6) is -0.543. The van der Waals surface area contributed by atoms with Crippen LogP contribution >= 0.6 is 0 Å². The number of nitrogens with one attached hydrogen (secondary N) is 1. The Morgan fingerprint density at radius 2 is 1.76 bits per heavy atom. The highest BCUT2D eigenvalue weighted by Crippen LogP contribution is 2.35. The highest BCUT2D eigenvalue weighted by molar-refractivity contribution is 7.89. The Hall–Kier alpha value is -2.95. The van der Waals surface area contributed by atoms with E-state index in [9.17, 15) is 18.0 Å². The van der Waals surface area contributed by atoms with Crippen LogP contribution < -0.4 is 15.1 Å². The van der Waals surface area contributed by atoms with Gasteiger partial charge in [-0.05, 0) is 41.5 Å². The number of benzene rings is 2. The molecule has 2 aromatic carbocycles. The number of nitrogens with zero attached hydrogens (tertiary/aromatic N) is 3. The minimum absolute atomic E-state index is 0.165. The summed E-state index contributed by atoms with van der Waals surface area (Å²) in [5.41, 5.74) is 3.25. The van der Waals surface area contributed by atoms with Gasteiger partial charge in [0.15, 0.2) is 0 Å². The Morgan fingerprint density at radius 3 is 2.38 bits per heavy atom. The van der Waals surface area contributed by atoms with E-state index in [-0.39, 0.29) is 23.1 Å². The number of amides is 2. The fourth-order valence-electron chi connectivity index (χ4n) is 4.34. The first kappa shape index (κ1) is 24.2. The zero-order valence-corrected chi connectivity index (χ0v) is 20.5. The second kappa shape index (κ2) is 9.73. The molecule has 4 rings (SSSR count). The molecule has 0 saturated carbocycles. The maximum Gasteiger partial charge on any atom is 0.243 e. The lowest BCUT2D eigenvalue weighted by Gasteiger charge is -2.26. The molecular weight excluding hydrogens is 456 g/mol. The first-order valence-electron chi connectivity index (χ1n) is 11.2. The van der Waals surface area contributed by atoms with Crippen LogP contribution in [0.1, 0.15) is 18.1 Å². The number of hydrogen-bond acceptors (Lipinski definition) is 6. The number of hydrogen-bond donors (Lipinski definition) is 1. The molecule has 2 heterocycles.